The summed E-state index contributed by atoms with van der Waals surface area (Å²) in [5.41, 5.74) is 8.11. The van der Waals surface area contributed by atoms with Crippen LogP contribution in [0.25, 0.3) is 0 Å². The van der Waals surface area contributed by atoms with E-state index in [-0.39, 0.29) is 12.0 Å². The average Bonchev–Trinajstić information content (AvgIpc) is 3.08. The molecule has 0 aromatic heterocycles. The van der Waals surface area contributed by atoms with Gasteiger partial charge in [-0.05, 0) is 50.5 Å². The number of hydrogen-bond donors (Lipinski definition) is 3. The number of carbonyl (C=O) groups is 1. The Morgan fingerprint density at radius 1 is 1.21 bits per heavy atom. The molecule has 1 fully saturated rings. The van der Waals surface area contributed by atoms with Gasteiger partial charge < -0.3 is 20.8 Å². The third-order valence-corrected chi connectivity index (χ3v) is 6.18. The average molecular weight is 465 g/mol. The maximum atomic E-state index is 12.2. The Hall–Kier alpha value is -1.55. The number of likely N-dealkylation sites (N-methyl/N-ethyl adjacent to an activating group) is 1. The number of aliphatic hydroxyl groups excluding tert-OH is 2. The van der Waals surface area contributed by atoms with E-state index in [2.05, 4.69) is 56.8 Å². The van der Waals surface area contributed by atoms with Crippen LogP contribution >= 0.6 is 0 Å². The summed E-state index contributed by atoms with van der Waals surface area (Å²) in [7, 11) is 4.18. The molecule has 0 unspecified atom stereocenters. The molecule has 0 bridgehead atoms. The number of benzene rings is 1. The molecule has 1 aromatic carbocycles. The van der Waals surface area contributed by atoms with E-state index in [0.29, 0.717) is 6.54 Å². The molecule has 8 nitrogen and oxygen atoms in total. The number of nitrogens with zero attached hydrogens (tertiary/aromatic N) is 3. The van der Waals surface area contributed by atoms with Crippen LogP contribution in [0.4, 0.5) is 0 Å². The number of aliphatic hydroxyl groups is 2. The summed E-state index contributed by atoms with van der Waals surface area (Å²) in [6, 6.07) is 7.46. The number of nitrogens with two attached hydrogens (primary N) is 1. The lowest BCUT2D eigenvalue weighted by atomic mass is 9.89. The van der Waals surface area contributed by atoms with Crippen LogP contribution in [0.1, 0.15) is 45.2 Å². The van der Waals surface area contributed by atoms with Gasteiger partial charge in [0.05, 0.1) is 19.3 Å². The summed E-state index contributed by atoms with van der Waals surface area (Å²) in [5, 5.41) is 21.4. The van der Waals surface area contributed by atoms with Gasteiger partial charge in [-0.2, -0.15) is 5.06 Å². The Kier molecular flexibility index (Phi) is 10.3. The summed E-state index contributed by atoms with van der Waals surface area (Å²) in [6.07, 6.45) is -0.376. The van der Waals surface area contributed by atoms with E-state index >= 15 is 0 Å². The van der Waals surface area contributed by atoms with Crippen molar-refractivity contribution in [3.05, 3.63) is 35.4 Å². The fourth-order valence-corrected chi connectivity index (χ4v) is 4.27. The van der Waals surface area contributed by atoms with Gasteiger partial charge in [0.15, 0.2) is 0 Å². The van der Waals surface area contributed by atoms with Gasteiger partial charge in [-0.3, -0.25) is 14.5 Å². The second-order valence-corrected chi connectivity index (χ2v) is 10.8. The summed E-state index contributed by atoms with van der Waals surface area (Å²) >= 11 is 0. The lowest BCUT2D eigenvalue weighted by molar-refractivity contribution is -0.180. The molecule has 8 heteroatoms. The van der Waals surface area contributed by atoms with Gasteiger partial charge in [-0.15, -0.1) is 0 Å². The standard InChI is InChI=1S/C25H44N4O4/c1-18(31)22-21(17-30)33-29(23(22)24(26)32)16-20-9-7-8-19(14-20)15-28(13-12-27(5)6)11-10-25(2,3)4/h7-9,14,18,21-23,30-31H,10-13,15-17H2,1-6H3,(H2,26,32)/t18-,21-,22+,23-/m0/s1. The molecule has 4 N–H and O–H groups in total. The monoisotopic (exact) mass is 464 g/mol. The molecule has 1 aliphatic rings. The zero-order valence-electron chi connectivity index (χ0n) is 21.2. The maximum absolute atomic E-state index is 12.2. The van der Waals surface area contributed by atoms with Crippen molar-refractivity contribution in [3.63, 3.8) is 0 Å². The third kappa shape index (κ3) is 8.63. The molecular weight excluding hydrogens is 420 g/mol. The number of amides is 1. The minimum atomic E-state index is -0.830. The third-order valence-electron chi connectivity index (χ3n) is 6.18. The molecule has 188 valence electrons. The summed E-state index contributed by atoms with van der Waals surface area (Å²) in [4.78, 5) is 22.7. The molecule has 1 heterocycles. The fourth-order valence-electron chi connectivity index (χ4n) is 4.27. The number of hydrogen-bond acceptors (Lipinski definition) is 7. The zero-order valence-corrected chi connectivity index (χ0v) is 21.2. The predicted octanol–water partition coefficient (Wildman–Crippen LogP) is 1.45. The first-order valence-electron chi connectivity index (χ1n) is 11.9. The van der Waals surface area contributed by atoms with E-state index in [1.54, 1.807) is 6.92 Å². The highest BCUT2D eigenvalue weighted by molar-refractivity contribution is 5.80. The van der Waals surface area contributed by atoms with Crippen LogP contribution in [0.5, 0.6) is 0 Å². The van der Waals surface area contributed by atoms with Crippen molar-refractivity contribution in [1.29, 1.82) is 0 Å². The fraction of sp³-hybridized carbons (Fsp3) is 0.720. The molecule has 1 saturated heterocycles. The van der Waals surface area contributed by atoms with Gasteiger partial charge in [-0.25, -0.2) is 0 Å². The number of carbonyl (C=O) groups excluding carboxylic acids is 1. The highest BCUT2D eigenvalue weighted by atomic mass is 16.7. The van der Waals surface area contributed by atoms with Crippen LogP contribution in [0.2, 0.25) is 0 Å². The molecular formula is C25H44N4O4. The highest BCUT2D eigenvalue weighted by Gasteiger charge is 2.48. The van der Waals surface area contributed by atoms with Crippen molar-refractivity contribution >= 4 is 5.91 Å². The second kappa shape index (κ2) is 12.2. The minimum absolute atomic E-state index is 0.276. The van der Waals surface area contributed by atoms with Gasteiger partial charge in [0, 0.05) is 25.6 Å². The molecule has 1 aliphatic heterocycles. The Labute approximate surface area is 199 Å². The maximum Gasteiger partial charge on any atom is 0.237 e. The number of rotatable bonds is 12. The van der Waals surface area contributed by atoms with Gasteiger partial charge in [0.1, 0.15) is 12.1 Å². The Morgan fingerprint density at radius 2 is 1.88 bits per heavy atom. The second-order valence-electron chi connectivity index (χ2n) is 10.8. The van der Waals surface area contributed by atoms with E-state index in [0.717, 1.165) is 38.2 Å². The summed E-state index contributed by atoms with van der Waals surface area (Å²) in [6.45, 7) is 12.3. The van der Waals surface area contributed by atoms with E-state index < -0.39 is 30.1 Å². The zero-order chi connectivity index (χ0) is 24.8. The van der Waals surface area contributed by atoms with Crippen molar-refractivity contribution in [1.82, 2.24) is 14.9 Å². The molecule has 4 atom stereocenters. The van der Waals surface area contributed by atoms with E-state index in [9.17, 15) is 15.0 Å². The summed E-state index contributed by atoms with van der Waals surface area (Å²) in [5.74, 6) is -1.14. The smallest absolute Gasteiger partial charge is 0.237 e. The van der Waals surface area contributed by atoms with Crippen LogP contribution < -0.4 is 5.73 Å². The first kappa shape index (κ1) is 27.7. The number of hydroxylamine groups is 2. The van der Waals surface area contributed by atoms with Crippen molar-refractivity contribution < 1.29 is 19.8 Å². The topological polar surface area (TPSA) is 102 Å². The van der Waals surface area contributed by atoms with Gasteiger partial charge in [-0.1, -0.05) is 45.0 Å². The van der Waals surface area contributed by atoms with E-state index in [4.69, 9.17) is 10.6 Å². The molecule has 0 aliphatic carbocycles. The Balaban J connectivity index is 2.14. The minimum Gasteiger partial charge on any atom is -0.394 e. The molecule has 0 spiro atoms. The van der Waals surface area contributed by atoms with Crippen molar-refractivity contribution in [2.24, 2.45) is 17.1 Å². The Bertz CT molecular complexity index is 750. The van der Waals surface area contributed by atoms with E-state index in [1.807, 2.05) is 12.1 Å². The van der Waals surface area contributed by atoms with Crippen LogP contribution in [0.3, 0.4) is 0 Å². The van der Waals surface area contributed by atoms with Gasteiger partial charge >= 0.3 is 0 Å². The molecule has 1 aromatic rings. The molecule has 0 radical (unpaired) electrons. The van der Waals surface area contributed by atoms with Gasteiger partial charge in [0.25, 0.3) is 0 Å². The lowest BCUT2D eigenvalue weighted by Gasteiger charge is -2.28. The van der Waals surface area contributed by atoms with Crippen molar-refractivity contribution in [2.75, 3.05) is 40.3 Å². The molecule has 2 rings (SSSR count). The summed E-state index contributed by atoms with van der Waals surface area (Å²) < 4.78 is 0. The first-order valence-corrected chi connectivity index (χ1v) is 11.9. The first-order chi connectivity index (χ1) is 15.4. The van der Waals surface area contributed by atoms with Crippen LogP contribution in [0, 0.1) is 11.3 Å². The lowest BCUT2D eigenvalue weighted by Crippen LogP contribution is -2.47. The quantitative estimate of drug-likeness (QED) is 0.430. The normalized spacial score (nSPS) is 22.9. The van der Waals surface area contributed by atoms with Crippen molar-refractivity contribution in [3.8, 4) is 0 Å². The van der Waals surface area contributed by atoms with Crippen LogP contribution in [-0.4, -0.2) is 89.6 Å². The largest absolute Gasteiger partial charge is 0.394 e. The Morgan fingerprint density at radius 3 is 2.42 bits per heavy atom. The van der Waals surface area contributed by atoms with Crippen LogP contribution in [-0.2, 0) is 22.7 Å². The van der Waals surface area contributed by atoms with Crippen molar-refractivity contribution in [2.45, 2.75) is 65.5 Å². The molecule has 0 saturated carbocycles. The highest BCUT2D eigenvalue weighted by Crippen LogP contribution is 2.32. The SMILES string of the molecule is C[C@H](O)[C@@H]1[C@H](CO)ON(Cc2cccc(CN(CCN(C)C)CCC(C)(C)C)c2)[C@@H]1C(N)=O. The molecule has 1 amide bonds. The number of primary amides is 1. The van der Waals surface area contributed by atoms with Gasteiger partial charge in [0.2, 0.25) is 5.91 Å². The molecule has 33 heavy (non-hydrogen) atoms. The van der Waals surface area contributed by atoms with Crippen LogP contribution in [0.15, 0.2) is 24.3 Å². The van der Waals surface area contributed by atoms with E-state index in [1.165, 1.54) is 10.6 Å². The predicted molar refractivity (Wildman–Crippen MR) is 130 cm³/mol.